The molecular weight excluding hydrogens is 252 g/mol. The minimum atomic E-state index is -0.239. The second-order valence-electron chi connectivity index (χ2n) is 6.33. The van der Waals surface area contributed by atoms with Crippen molar-refractivity contribution in [3.8, 4) is 0 Å². The predicted octanol–water partition coefficient (Wildman–Crippen LogP) is 1.80. The van der Waals surface area contributed by atoms with Gasteiger partial charge in [-0.1, -0.05) is 6.07 Å². The molecule has 2 saturated heterocycles. The standard InChI is InChI=1S/C16H24N2O2/c1-13(19)11-18-7-4-16(5-8-18)9-15(12-20-16)14-3-2-6-17-10-14/h2-3,6,10,13,15,19H,4-5,7-9,11-12H2,1H3/t13-,15+/m1/s1. The van der Waals surface area contributed by atoms with Crippen LogP contribution in [-0.2, 0) is 4.74 Å². The summed E-state index contributed by atoms with van der Waals surface area (Å²) in [5.74, 6) is 0.493. The summed E-state index contributed by atoms with van der Waals surface area (Å²) in [6, 6.07) is 4.16. The van der Waals surface area contributed by atoms with Crippen molar-refractivity contribution in [1.29, 1.82) is 0 Å². The fourth-order valence-electron chi connectivity index (χ4n) is 3.54. The van der Waals surface area contributed by atoms with Crippen LogP contribution in [0.1, 0.15) is 37.7 Å². The van der Waals surface area contributed by atoms with Gasteiger partial charge in [0, 0.05) is 37.9 Å². The summed E-state index contributed by atoms with van der Waals surface area (Å²) in [5.41, 5.74) is 1.37. The summed E-state index contributed by atoms with van der Waals surface area (Å²) >= 11 is 0. The molecule has 3 rings (SSSR count). The normalized spacial score (nSPS) is 27.8. The number of pyridine rings is 1. The number of ether oxygens (including phenoxy) is 1. The van der Waals surface area contributed by atoms with E-state index in [1.165, 1.54) is 5.56 Å². The molecule has 4 nitrogen and oxygen atoms in total. The van der Waals surface area contributed by atoms with Gasteiger partial charge in [-0.15, -0.1) is 0 Å². The number of aliphatic hydroxyl groups excluding tert-OH is 1. The number of piperidine rings is 1. The van der Waals surface area contributed by atoms with Crippen LogP contribution in [-0.4, -0.2) is 52.9 Å². The number of likely N-dealkylation sites (tertiary alicyclic amines) is 1. The van der Waals surface area contributed by atoms with E-state index in [0.29, 0.717) is 5.92 Å². The molecule has 1 spiro atoms. The molecule has 0 amide bonds. The van der Waals surface area contributed by atoms with Crippen LogP contribution in [0.5, 0.6) is 0 Å². The topological polar surface area (TPSA) is 45.6 Å². The Hall–Kier alpha value is -0.970. The van der Waals surface area contributed by atoms with Gasteiger partial charge in [-0.05, 0) is 37.8 Å². The van der Waals surface area contributed by atoms with E-state index in [-0.39, 0.29) is 11.7 Å². The molecule has 2 aliphatic rings. The lowest BCUT2D eigenvalue weighted by molar-refractivity contribution is -0.0485. The Labute approximate surface area is 120 Å². The molecule has 0 aliphatic carbocycles. The average Bonchev–Trinajstić information content (AvgIpc) is 2.87. The van der Waals surface area contributed by atoms with Crippen LogP contribution in [0, 0.1) is 0 Å². The first kappa shape index (κ1) is 14.0. The molecule has 1 aromatic rings. The highest BCUT2D eigenvalue weighted by Gasteiger charge is 2.43. The zero-order valence-corrected chi connectivity index (χ0v) is 12.2. The summed E-state index contributed by atoms with van der Waals surface area (Å²) in [6.45, 7) is 5.52. The van der Waals surface area contributed by atoms with Gasteiger partial charge >= 0.3 is 0 Å². The molecule has 2 atom stereocenters. The number of aliphatic hydroxyl groups is 1. The predicted molar refractivity (Wildman–Crippen MR) is 77.6 cm³/mol. The van der Waals surface area contributed by atoms with Crippen molar-refractivity contribution in [2.75, 3.05) is 26.2 Å². The first-order valence-corrected chi connectivity index (χ1v) is 7.61. The number of aromatic nitrogens is 1. The van der Waals surface area contributed by atoms with Crippen LogP contribution in [0.15, 0.2) is 24.5 Å². The zero-order chi connectivity index (χ0) is 14.0. The fourth-order valence-corrected chi connectivity index (χ4v) is 3.54. The molecular formula is C16H24N2O2. The molecule has 0 bridgehead atoms. The third kappa shape index (κ3) is 3.03. The summed E-state index contributed by atoms with van der Waals surface area (Å²) in [4.78, 5) is 6.56. The molecule has 110 valence electrons. The van der Waals surface area contributed by atoms with Gasteiger partial charge in [-0.3, -0.25) is 4.98 Å². The largest absolute Gasteiger partial charge is 0.392 e. The van der Waals surface area contributed by atoms with Gasteiger partial charge in [0.1, 0.15) is 0 Å². The second-order valence-corrected chi connectivity index (χ2v) is 6.33. The van der Waals surface area contributed by atoms with Gasteiger partial charge in [0.25, 0.3) is 0 Å². The van der Waals surface area contributed by atoms with Crippen molar-refractivity contribution in [1.82, 2.24) is 9.88 Å². The van der Waals surface area contributed by atoms with Crippen LogP contribution in [0.25, 0.3) is 0 Å². The van der Waals surface area contributed by atoms with Crippen LogP contribution in [0.2, 0.25) is 0 Å². The molecule has 20 heavy (non-hydrogen) atoms. The van der Waals surface area contributed by atoms with E-state index in [1.54, 1.807) is 0 Å². The lowest BCUT2D eigenvalue weighted by atomic mass is 9.83. The van der Waals surface area contributed by atoms with Gasteiger partial charge in [-0.2, -0.15) is 0 Å². The number of β-amino-alcohol motifs (C(OH)–C–C–N with tert-alkyl or cyclic N) is 1. The van der Waals surface area contributed by atoms with E-state index in [1.807, 2.05) is 25.4 Å². The SMILES string of the molecule is C[C@@H](O)CN1CCC2(CC1)C[C@H](c1cccnc1)CO2. The van der Waals surface area contributed by atoms with Crippen molar-refractivity contribution in [3.63, 3.8) is 0 Å². The van der Waals surface area contributed by atoms with Crippen LogP contribution in [0.3, 0.4) is 0 Å². The Balaban J connectivity index is 1.58. The molecule has 0 aromatic carbocycles. The van der Waals surface area contributed by atoms with Crippen molar-refractivity contribution in [3.05, 3.63) is 30.1 Å². The van der Waals surface area contributed by atoms with Crippen molar-refractivity contribution < 1.29 is 9.84 Å². The van der Waals surface area contributed by atoms with E-state index in [9.17, 15) is 5.11 Å². The number of rotatable bonds is 3. The summed E-state index contributed by atoms with van der Waals surface area (Å²) in [5, 5.41) is 9.47. The maximum Gasteiger partial charge on any atom is 0.0713 e. The number of nitrogens with zero attached hydrogens (tertiary/aromatic N) is 2. The molecule has 0 radical (unpaired) electrons. The molecule has 1 aromatic heterocycles. The van der Waals surface area contributed by atoms with Crippen LogP contribution in [0.4, 0.5) is 0 Å². The fraction of sp³-hybridized carbons (Fsp3) is 0.688. The summed E-state index contributed by atoms with van der Waals surface area (Å²) < 4.78 is 6.18. The van der Waals surface area contributed by atoms with Gasteiger partial charge in [0.2, 0.25) is 0 Å². The molecule has 2 aliphatic heterocycles. The third-order valence-corrected chi connectivity index (χ3v) is 4.65. The maximum absolute atomic E-state index is 9.47. The molecule has 3 heterocycles. The minimum Gasteiger partial charge on any atom is -0.392 e. The molecule has 0 unspecified atom stereocenters. The van der Waals surface area contributed by atoms with Crippen LogP contribution < -0.4 is 0 Å². The smallest absolute Gasteiger partial charge is 0.0713 e. The second kappa shape index (κ2) is 5.80. The Bertz CT molecular complexity index is 427. The highest BCUT2D eigenvalue weighted by molar-refractivity contribution is 5.18. The Kier molecular flexibility index (Phi) is 4.06. The number of hydrogen-bond donors (Lipinski definition) is 1. The van der Waals surface area contributed by atoms with E-state index in [2.05, 4.69) is 16.0 Å². The Morgan fingerprint density at radius 1 is 1.50 bits per heavy atom. The summed E-state index contributed by atoms with van der Waals surface area (Å²) in [6.07, 6.45) is 6.82. The average molecular weight is 276 g/mol. The van der Waals surface area contributed by atoms with E-state index in [0.717, 1.165) is 45.5 Å². The lowest BCUT2D eigenvalue weighted by Gasteiger charge is -2.39. The maximum atomic E-state index is 9.47. The minimum absolute atomic E-state index is 0.0652. The number of hydrogen-bond acceptors (Lipinski definition) is 4. The van der Waals surface area contributed by atoms with Gasteiger partial charge in [0.05, 0.1) is 18.3 Å². The zero-order valence-electron chi connectivity index (χ0n) is 12.2. The van der Waals surface area contributed by atoms with Crippen molar-refractivity contribution in [2.24, 2.45) is 0 Å². The quantitative estimate of drug-likeness (QED) is 0.914. The highest BCUT2D eigenvalue weighted by atomic mass is 16.5. The van der Waals surface area contributed by atoms with E-state index < -0.39 is 0 Å². The van der Waals surface area contributed by atoms with E-state index >= 15 is 0 Å². The van der Waals surface area contributed by atoms with Crippen LogP contribution >= 0.6 is 0 Å². The first-order valence-electron chi connectivity index (χ1n) is 7.61. The Morgan fingerprint density at radius 2 is 2.30 bits per heavy atom. The molecule has 4 heteroatoms. The lowest BCUT2D eigenvalue weighted by Crippen LogP contribution is -2.46. The first-order chi connectivity index (χ1) is 9.67. The highest BCUT2D eigenvalue weighted by Crippen LogP contribution is 2.42. The molecule has 1 N–H and O–H groups in total. The Morgan fingerprint density at radius 3 is 2.95 bits per heavy atom. The van der Waals surface area contributed by atoms with Gasteiger partial charge < -0.3 is 14.7 Å². The van der Waals surface area contributed by atoms with Crippen molar-refractivity contribution >= 4 is 0 Å². The molecule has 0 saturated carbocycles. The van der Waals surface area contributed by atoms with Gasteiger partial charge in [-0.25, -0.2) is 0 Å². The summed E-state index contributed by atoms with van der Waals surface area (Å²) in [7, 11) is 0. The third-order valence-electron chi connectivity index (χ3n) is 4.65. The van der Waals surface area contributed by atoms with Crippen molar-refractivity contribution in [2.45, 2.75) is 43.8 Å². The molecule has 2 fully saturated rings. The van der Waals surface area contributed by atoms with E-state index in [4.69, 9.17) is 4.74 Å². The van der Waals surface area contributed by atoms with Gasteiger partial charge in [0.15, 0.2) is 0 Å². The monoisotopic (exact) mass is 276 g/mol.